The fourth-order valence-corrected chi connectivity index (χ4v) is 4.50. The Labute approximate surface area is 154 Å². The van der Waals surface area contributed by atoms with Gasteiger partial charge in [0.1, 0.15) is 12.4 Å². The summed E-state index contributed by atoms with van der Waals surface area (Å²) >= 11 is 1.52. The quantitative estimate of drug-likeness (QED) is 0.543. The van der Waals surface area contributed by atoms with E-state index in [9.17, 15) is 4.79 Å². The van der Waals surface area contributed by atoms with Gasteiger partial charge in [0.2, 0.25) is 0 Å². The van der Waals surface area contributed by atoms with E-state index in [1.807, 2.05) is 72.4 Å². The van der Waals surface area contributed by atoms with E-state index in [0.717, 1.165) is 38.3 Å². The highest BCUT2D eigenvalue weighted by molar-refractivity contribution is 7.17. The smallest absolute Gasteiger partial charge is 0.265 e. The number of thiophene rings is 1. The summed E-state index contributed by atoms with van der Waals surface area (Å²) < 4.78 is 7.84. The summed E-state index contributed by atoms with van der Waals surface area (Å²) in [4.78, 5) is 14.7. The molecule has 4 aromatic rings. The van der Waals surface area contributed by atoms with Crippen molar-refractivity contribution in [3.05, 3.63) is 71.2 Å². The zero-order chi connectivity index (χ0) is 17.7. The maximum absolute atomic E-state index is 12.8. The molecule has 0 radical (unpaired) electrons. The van der Waals surface area contributed by atoms with Gasteiger partial charge in [-0.15, -0.1) is 11.3 Å². The van der Waals surface area contributed by atoms with E-state index in [0.29, 0.717) is 11.5 Å². The van der Waals surface area contributed by atoms with Crippen molar-refractivity contribution in [2.45, 2.75) is 6.61 Å². The number of aryl methyl sites for hydroxylation is 1. The third-order valence-corrected chi connectivity index (χ3v) is 5.93. The first-order valence-electron chi connectivity index (χ1n) is 8.41. The Hall–Kier alpha value is -3.05. The van der Waals surface area contributed by atoms with Gasteiger partial charge in [0.15, 0.2) is 0 Å². The van der Waals surface area contributed by atoms with E-state index < -0.39 is 0 Å². The molecule has 0 unspecified atom stereocenters. The van der Waals surface area contributed by atoms with E-state index in [1.54, 1.807) is 0 Å². The summed E-state index contributed by atoms with van der Waals surface area (Å²) in [6.07, 6.45) is 2.00. The van der Waals surface area contributed by atoms with Crippen molar-refractivity contribution in [1.82, 2.24) is 4.57 Å². The summed E-state index contributed by atoms with van der Waals surface area (Å²) in [6, 6.07) is 17.9. The molecule has 1 N–H and O–H groups in total. The summed E-state index contributed by atoms with van der Waals surface area (Å²) in [5.41, 5.74) is 4.05. The first kappa shape index (κ1) is 15.2. The molecule has 0 bridgehead atoms. The highest BCUT2D eigenvalue weighted by atomic mass is 32.1. The van der Waals surface area contributed by atoms with Crippen LogP contribution in [0.25, 0.3) is 21.3 Å². The number of hydrogen-bond acceptors (Lipinski definition) is 3. The zero-order valence-electron chi connectivity index (χ0n) is 14.2. The van der Waals surface area contributed by atoms with E-state index in [2.05, 4.69) is 5.32 Å². The number of hydrogen-bond donors (Lipinski definition) is 1. The van der Waals surface area contributed by atoms with Gasteiger partial charge in [-0.1, -0.05) is 18.2 Å². The normalized spacial score (nSPS) is 12.3. The second-order valence-corrected chi connectivity index (χ2v) is 7.42. The molecule has 0 atom stereocenters. The predicted molar refractivity (Wildman–Crippen MR) is 105 cm³/mol. The molecule has 0 saturated carbocycles. The van der Waals surface area contributed by atoms with Crippen molar-refractivity contribution in [2.75, 3.05) is 5.32 Å². The van der Waals surface area contributed by atoms with Gasteiger partial charge in [-0.2, -0.15) is 0 Å². The predicted octanol–water partition coefficient (Wildman–Crippen LogP) is 5.05. The molecular formula is C21H16N2O2S. The van der Waals surface area contributed by atoms with Crippen LogP contribution in [0.1, 0.15) is 15.2 Å². The number of ether oxygens (including phenoxy) is 1. The number of aromatic nitrogens is 1. The molecule has 2 aromatic heterocycles. The Bertz CT molecular complexity index is 1160. The average molecular weight is 360 g/mol. The minimum atomic E-state index is -0.0850. The highest BCUT2D eigenvalue weighted by Gasteiger charge is 2.22. The molecule has 128 valence electrons. The molecule has 5 heteroatoms. The average Bonchev–Trinajstić information content (AvgIpc) is 3.27. The van der Waals surface area contributed by atoms with E-state index >= 15 is 0 Å². The van der Waals surface area contributed by atoms with Crippen molar-refractivity contribution >= 4 is 33.8 Å². The molecule has 0 spiro atoms. The number of rotatable bonds is 2. The third kappa shape index (κ3) is 2.32. The topological polar surface area (TPSA) is 43.3 Å². The Balaban J connectivity index is 1.50. The molecule has 1 aliphatic heterocycles. The van der Waals surface area contributed by atoms with Gasteiger partial charge in [0.25, 0.3) is 5.91 Å². The molecule has 1 aliphatic rings. The molecule has 0 saturated heterocycles. The lowest BCUT2D eigenvalue weighted by Gasteiger charge is -2.16. The molecule has 0 fully saturated rings. The molecule has 2 aromatic carbocycles. The molecule has 4 nitrogen and oxygen atoms in total. The number of anilines is 1. The van der Waals surface area contributed by atoms with E-state index in [4.69, 9.17) is 4.74 Å². The number of carbonyl (C=O) groups excluding carboxylic acids is 1. The van der Waals surface area contributed by atoms with Gasteiger partial charge in [-0.05, 0) is 36.4 Å². The van der Waals surface area contributed by atoms with Gasteiger partial charge < -0.3 is 14.6 Å². The highest BCUT2D eigenvalue weighted by Crippen LogP contribution is 2.42. The third-order valence-electron chi connectivity index (χ3n) is 4.72. The van der Waals surface area contributed by atoms with E-state index in [1.165, 1.54) is 11.3 Å². The van der Waals surface area contributed by atoms with Crippen LogP contribution in [0.2, 0.25) is 0 Å². The Morgan fingerprint density at radius 1 is 1.15 bits per heavy atom. The van der Waals surface area contributed by atoms with Crippen molar-refractivity contribution in [3.63, 3.8) is 0 Å². The van der Waals surface area contributed by atoms with Crippen LogP contribution >= 0.6 is 11.3 Å². The van der Waals surface area contributed by atoms with Gasteiger partial charge in [-0.25, -0.2) is 0 Å². The summed E-state index contributed by atoms with van der Waals surface area (Å²) in [7, 11) is 2.00. The summed E-state index contributed by atoms with van der Waals surface area (Å²) in [6.45, 7) is 0.504. The monoisotopic (exact) mass is 360 g/mol. The summed E-state index contributed by atoms with van der Waals surface area (Å²) in [5.74, 6) is 0.793. The number of amides is 1. The van der Waals surface area contributed by atoms with Gasteiger partial charge in [0.05, 0.1) is 10.6 Å². The van der Waals surface area contributed by atoms with Gasteiger partial charge >= 0.3 is 0 Å². The summed E-state index contributed by atoms with van der Waals surface area (Å²) in [5, 5.41) is 4.11. The maximum Gasteiger partial charge on any atom is 0.265 e. The second-order valence-electron chi connectivity index (χ2n) is 6.37. The van der Waals surface area contributed by atoms with Crippen LogP contribution in [-0.4, -0.2) is 10.5 Å². The maximum atomic E-state index is 12.8. The van der Waals surface area contributed by atoms with Crippen molar-refractivity contribution in [2.24, 2.45) is 7.05 Å². The van der Waals surface area contributed by atoms with Crippen LogP contribution in [0.5, 0.6) is 5.75 Å². The number of carbonyl (C=O) groups is 1. The lowest BCUT2D eigenvalue weighted by molar-refractivity contribution is 0.103. The molecule has 0 aliphatic carbocycles. The van der Waals surface area contributed by atoms with Crippen LogP contribution in [-0.2, 0) is 13.7 Å². The fraction of sp³-hybridized carbons (Fsp3) is 0.0952. The van der Waals surface area contributed by atoms with Crippen molar-refractivity contribution in [3.8, 4) is 16.2 Å². The SMILES string of the molecule is Cn1ccc2c(NC(=O)c3cc4c(s3)-c3ccccc3OC4)cccc21. The van der Waals surface area contributed by atoms with Crippen LogP contribution in [0.3, 0.4) is 0 Å². The zero-order valence-corrected chi connectivity index (χ0v) is 15.0. The molecule has 26 heavy (non-hydrogen) atoms. The number of benzene rings is 2. The van der Waals surface area contributed by atoms with Gasteiger partial charge in [-0.3, -0.25) is 4.79 Å². The number of nitrogens with zero attached hydrogens (tertiary/aromatic N) is 1. The Morgan fingerprint density at radius 2 is 2.04 bits per heavy atom. The van der Waals surface area contributed by atoms with Crippen molar-refractivity contribution < 1.29 is 9.53 Å². The number of fused-ring (bicyclic) bond motifs is 4. The minimum absolute atomic E-state index is 0.0850. The lowest BCUT2D eigenvalue weighted by atomic mass is 10.1. The first-order chi connectivity index (χ1) is 12.7. The fourth-order valence-electron chi connectivity index (χ4n) is 3.41. The van der Waals surface area contributed by atoms with Crippen LogP contribution in [0.4, 0.5) is 5.69 Å². The van der Waals surface area contributed by atoms with Crippen molar-refractivity contribution in [1.29, 1.82) is 0 Å². The molecule has 3 heterocycles. The molecule has 5 rings (SSSR count). The standard InChI is InChI=1S/C21H16N2O2S/c1-23-10-9-14-16(6-4-7-17(14)23)22-21(24)19-11-13-12-25-18-8-3-2-5-15(18)20(13)26-19/h2-11H,12H2,1H3,(H,22,24). The Morgan fingerprint density at radius 3 is 2.96 bits per heavy atom. The number of nitrogens with one attached hydrogen (secondary N) is 1. The Kier molecular flexibility index (Phi) is 3.36. The van der Waals surface area contributed by atoms with Crippen LogP contribution in [0, 0.1) is 0 Å². The second kappa shape index (κ2) is 5.75. The molecule has 1 amide bonds. The molecular weight excluding hydrogens is 344 g/mol. The van der Waals surface area contributed by atoms with Crippen LogP contribution < -0.4 is 10.1 Å². The van der Waals surface area contributed by atoms with Crippen LogP contribution in [0.15, 0.2) is 60.8 Å². The number of para-hydroxylation sites is 1. The van der Waals surface area contributed by atoms with E-state index in [-0.39, 0.29) is 5.91 Å². The van der Waals surface area contributed by atoms with Gasteiger partial charge in [0, 0.05) is 40.2 Å². The largest absolute Gasteiger partial charge is 0.488 e. The minimum Gasteiger partial charge on any atom is -0.488 e. The first-order valence-corrected chi connectivity index (χ1v) is 9.22. The lowest BCUT2D eigenvalue weighted by Crippen LogP contribution is -2.10.